The van der Waals surface area contributed by atoms with Gasteiger partial charge in [0.05, 0.1) is 24.3 Å². The van der Waals surface area contributed by atoms with Crippen LogP contribution in [0.3, 0.4) is 0 Å². The molecule has 0 aliphatic carbocycles. The van der Waals surface area contributed by atoms with Crippen LogP contribution in [-0.4, -0.2) is 37.3 Å². The smallest absolute Gasteiger partial charge is 0.233 e. The molecule has 1 amide bonds. The fraction of sp³-hybridized carbons (Fsp3) is 0.333. The Bertz CT molecular complexity index is 669. The largest absolute Gasteiger partial charge is 0.489 e. The van der Waals surface area contributed by atoms with Gasteiger partial charge in [0.15, 0.2) is 0 Å². The number of carbonyl (C=O) groups excluding carboxylic acids is 1. The van der Waals surface area contributed by atoms with Crippen molar-refractivity contribution >= 4 is 17.3 Å². The SMILES string of the molecule is O=C(Cc1ccon1)N1CCN2CCOc3cccc1c32. The summed E-state index contributed by atoms with van der Waals surface area (Å²) in [6.07, 6.45) is 1.74. The topological polar surface area (TPSA) is 58.8 Å². The lowest BCUT2D eigenvalue weighted by Crippen LogP contribution is -2.47. The van der Waals surface area contributed by atoms with Crippen LogP contribution in [0.25, 0.3) is 0 Å². The maximum Gasteiger partial charge on any atom is 0.233 e. The molecule has 2 aliphatic rings. The lowest BCUT2D eigenvalue weighted by atomic mass is 10.1. The summed E-state index contributed by atoms with van der Waals surface area (Å²) < 4.78 is 10.5. The average molecular weight is 285 g/mol. The van der Waals surface area contributed by atoms with Crippen LogP contribution in [0.1, 0.15) is 5.69 Å². The number of carbonyl (C=O) groups is 1. The first kappa shape index (κ1) is 12.3. The number of benzene rings is 1. The molecule has 2 aromatic rings. The molecule has 0 bridgehead atoms. The highest BCUT2D eigenvalue weighted by molar-refractivity contribution is 6.00. The molecule has 0 unspecified atom stereocenters. The Morgan fingerprint density at radius 3 is 3.05 bits per heavy atom. The number of para-hydroxylation sites is 1. The first-order valence-corrected chi connectivity index (χ1v) is 7.03. The van der Waals surface area contributed by atoms with Crippen molar-refractivity contribution in [3.8, 4) is 5.75 Å². The number of aromatic nitrogens is 1. The van der Waals surface area contributed by atoms with Crippen molar-refractivity contribution < 1.29 is 14.1 Å². The van der Waals surface area contributed by atoms with Crippen molar-refractivity contribution in [2.45, 2.75) is 6.42 Å². The van der Waals surface area contributed by atoms with Gasteiger partial charge < -0.3 is 19.1 Å². The summed E-state index contributed by atoms with van der Waals surface area (Å²) in [5, 5.41) is 3.81. The van der Waals surface area contributed by atoms with Crippen LogP contribution in [0.15, 0.2) is 35.1 Å². The van der Waals surface area contributed by atoms with E-state index in [1.165, 1.54) is 6.26 Å². The maximum absolute atomic E-state index is 12.5. The van der Waals surface area contributed by atoms with Gasteiger partial charge in [-0.05, 0) is 12.1 Å². The summed E-state index contributed by atoms with van der Waals surface area (Å²) in [6, 6.07) is 7.58. The van der Waals surface area contributed by atoms with E-state index in [4.69, 9.17) is 9.26 Å². The Morgan fingerprint density at radius 1 is 1.24 bits per heavy atom. The second-order valence-electron chi connectivity index (χ2n) is 5.17. The zero-order chi connectivity index (χ0) is 14.2. The van der Waals surface area contributed by atoms with E-state index < -0.39 is 0 Å². The Balaban J connectivity index is 1.67. The fourth-order valence-electron chi connectivity index (χ4n) is 2.94. The van der Waals surface area contributed by atoms with Crippen LogP contribution in [0, 0.1) is 0 Å². The first-order chi connectivity index (χ1) is 10.3. The summed E-state index contributed by atoms with van der Waals surface area (Å²) in [7, 11) is 0. The molecule has 0 atom stereocenters. The summed E-state index contributed by atoms with van der Waals surface area (Å²) in [5.41, 5.74) is 2.61. The second kappa shape index (κ2) is 4.80. The van der Waals surface area contributed by atoms with Crippen molar-refractivity contribution in [3.05, 3.63) is 36.2 Å². The number of amides is 1. The summed E-state index contributed by atoms with van der Waals surface area (Å²) in [6.45, 7) is 3.09. The van der Waals surface area contributed by atoms with Gasteiger partial charge in [0.2, 0.25) is 5.91 Å². The number of nitrogens with zero attached hydrogens (tertiary/aromatic N) is 3. The Kier molecular flexibility index (Phi) is 2.80. The monoisotopic (exact) mass is 285 g/mol. The first-order valence-electron chi connectivity index (χ1n) is 7.03. The zero-order valence-electron chi connectivity index (χ0n) is 11.5. The third-order valence-corrected chi connectivity index (χ3v) is 3.92. The van der Waals surface area contributed by atoms with Crippen LogP contribution in [0.2, 0.25) is 0 Å². The molecule has 21 heavy (non-hydrogen) atoms. The van der Waals surface area contributed by atoms with Crippen molar-refractivity contribution in [1.82, 2.24) is 5.16 Å². The van der Waals surface area contributed by atoms with Crippen LogP contribution in [0.5, 0.6) is 5.75 Å². The van der Waals surface area contributed by atoms with E-state index in [0.717, 1.165) is 30.2 Å². The van der Waals surface area contributed by atoms with Gasteiger partial charge in [0.1, 0.15) is 24.3 Å². The highest BCUT2D eigenvalue weighted by Crippen LogP contribution is 2.42. The molecule has 2 aliphatic heterocycles. The van der Waals surface area contributed by atoms with E-state index in [9.17, 15) is 4.79 Å². The highest BCUT2D eigenvalue weighted by Gasteiger charge is 2.31. The average Bonchev–Trinajstić information content (AvgIpc) is 3.01. The molecular formula is C15H15N3O3. The molecule has 0 saturated carbocycles. The van der Waals surface area contributed by atoms with Gasteiger partial charge in [-0.1, -0.05) is 11.2 Å². The maximum atomic E-state index is 12.5. The van der Waals surface area contributed by atoms with E-state index in [0.29, 0.717) is 18.8 Å². The van der Waals surface area contributed by atoms with Crippen LogP contribution < -0.4 is 14.5 Å². The lowest BCUT2D eigenvalue weighted by Gasteiger charge is -2.40. The second-order valence-corrected chi connectivity index (χ2v) is 5.17. The normalized spacial score (nSPS) is 16.4. The van der Waals surface area contributed by atoms with E-state index in [-0.39, 0.29) is 12.3 Å². The highest BCUT2D eigenvalue weighted by atomic mass is 16.5. The van der Waals surface area contributed by atoms with Crippen molar-refractivity contribution in [1.29, 1.82) is 0 Å². The molecule has 1 aromatic carbocycles. The molecule has 0 saturated heterocycles. The number of ether oxygens (including phenoxy) is 1. The quantitative estimate of drug-likeness (QED) is 0.836. The summed E-state index contributed by atoms with van der Waals surface area (Å²) in [5.74, 6) is 0.889. The Hall–Kier alpha value is -2.50. The van der Waals surface area contributed by atoms with Crippen molar-refractivity contribution in [3.63, 3.8) is 0 Å². The molecule has 0 radical (unpaired) electrons. The minimum atomic E-state index is 0.0301. The molecule has 6 heteroatoms. The van der Waals surface area contributed by atoms with Gasteiger partial charge >= 0.3 is 0 Å². The molecule has 3 heterocycles. The lowest BCUT2D eigenvalue weighted by molar-refractivity contribution is -0.118. The predicted octanol–water partition coefficient (Wildman–Crippen LogP) is 1.46. The van der Waals surface area contributed by atoms with E-state index in [2.05, 4.69) is 10.1 Å². The van der Waals surface area contributed by atoms with E-state index in [1.54, 1.807) is 6.07 Å². The molecule has 0 spiro atoms. The molecule has 0 fully saturated rings. The van der Waals surface area contributed by atoms with E-state index in [1.807, 2.05) is 23.1 Å². The standard InChI is InChI=1S/C15H15N3O3/c19-14(10-11-4-8-21-16-11)18-6-5-17-7-9-20-13-3-1-2-12(18)15(13)17/h1-4,8H,5-7,9-10H2. The van der Waals surface area contributed by atoms with Crippen molar-refractivity contribution in [2.24, 2.45) is 0 Å². The molecule has 108 valence electrons. The number of hydrogen-bond acceptors (Lipinski definition) is 5. The zero-order valence-corrected chi connectivity index (χ0v) is 11.5. The number of hydrogen-bond donors (Lipinski definition) is 0. The van der Waals surface area contributed by atoms with Crippen molar-refractivity contribution in [2.75, 3.05) is 36.0 Å². The predicted molar refractivity (Wildman–Crippen MR) is 76.7 cm³/mol. The fourth-order valence-corrected chi connectivity index (χ4v) is 2.94. The third kappa shape index (κ3) is 2.03. The minimum absolute atomic E-state index is 0.0301. The van der Waals surface area contributed by atoms with Crippen LogP contribution in [-0.2, 0) is 11.2 Å². The summed E-state index contributed by atoms with van der Waals surface area (Å²) in [4.78, 5) is 16.6. The molecular weight excluding hydrogens is 270 g/mol. The van der Waals surface area contributed by atoms with Crippen LogP contribution >= 0.6 is 0 Å². The van der Waals surface area contributed by atoms with Gasteiger partial charge in [0, 0.05) is 19.2 Å². The third-order valence-electron chi connectivity index (χ3n) is 3.92. The van der Waals surface area contributed by atoms with Crippen LogP contribution in [0.4, 0.5) is 11.4 Å². The molecule has 6 nitrogen and oxygen atoms in total. The van der Waals surface area contributed by atoms with Gasteiger partial charge in [-0.25, -0.2) is 0 Å². The minimum Gasteiger partial charge on any atom is -0.489 e. The molecule has 1 aromatic heterocycles. The van der Waals surface area contributed by atoms with Gasteiger partial charge in [-0.3, -0.25) is 4.79 Å². The molecule has 0 N–H and O–H groups in total. The van der Waals surface area contributed by atoms with Gasteiger partial charge in [-0.15, -0.1) is 0 Å². The number of anilines is 2. The Labute approximate surface area is 121 Å². The molecule has 4 rings (SSSR count). The van der Waals surface area contributed by atoms with Gasteiger partial charge in [0.25, 0.3) is 0 Å². The number of rotatable bonds is 2. The Morgan fingerprint density at radius 2 is 2.19 bits per heavy atom. The van der Waals surface area contributed by atoms with E-state index >= 15 is 0 Å². The summed E-state index contributed by atoms with van der Waals surface area (Å²) >= 11 is 0. The van der Waals surface area contributed by atoms with Gasteiger partial charge in [-0.2, -0.15) is 0 Å².